The predicted molar refractivity (Wildman–Crippen MR) is 102 cm³/mol. The first-order valence-corrected chi connectivity index (χ1v) is 10.1. The normalized spacial score (nSPS) is 18.4. The lowest BCUT2D eigenvalue weighted by Crippen LogP contribution is -2.51. The number of hydrogen-bond acceptors (Lipinski definition) is 4. The van der Waals surface area contributed by atoms with Crippen LogP contribution in [0.15, 0.2) is 28.8 Å². The highest BCUT2D eigenvalue weighted by molar-refractivity contribution is 5.86. The van der Waals surface area contributed by atoms with Crippen LogP contribution >= 0.6 is 0 Å². The van der Waals surface area contributed by atoms with Gasteiger partial charge < -0.3 is 14.3 Å². The van der Waals surface area contributed by atoms with Crippen molar-refractivity contribution in [1.29, 1.82) is 0 Å². The number of piperazine rings is 1. The van der Waals surface area contributed by atoms with E-state index in [0.29, 0.717) is 43.9 Å². The number of fused-ring (bicyclic) bond motifs is 1. The molecule has 0 bridgehead atoms. The van der Waals surface area contributed by atoms with Crippen LogP contribution in [0.5, 0.6) is 0 Å². The van der Waals surface area contributed by atoms with Crippen molar-refractivity contribution in [2.75, 3.05) is 26.2 Å². The molecule has 6 heteroatoms. The molecule has 6 nitrogen and oxygen atoms in total. The molecule has 0 atom stereocenters. The minimum absolute atomic E-state index is 0.0482. The Kier molecular flexibility index (Phi) is 5.41. The van der Waals surface area contributed by atoms with Crippen LogP contribution in [0.3, 0.4) is 0 Å². The number of carbonyl (C=O) groups excluding carboxylic acids is 2. The van der Waals surface area contributed by atoms with E-state index in [2.05, 4.69) is 5.16 Å². The third-order valence-electron chi connectivity index (χ3n) is 6.00. The monoisotopic (exact) mass is 369 g/mol. The molecule has 1 aromatic carbocycles. The van der Waals surface area contributed by atoms with Crippen molar-refractivity contribution in [3.05, 3.63) is 30.0 Å². The van der Waals surface area contributed by atoms with Crippen molar-refractivity contribution in [2.45, 2.75) is 44.9 Å². The number of para-hydroxylation sites is 1. The van der Waals surface area contributed by atoms with Gasteiger partial charge in [-0.1, -0.05) is 43.0 Å². The van der Waals surface area contributed by atoms with Gasteiger partial charge in [0.1, 0.15) is 5.69 Å². The summed E-state index contributed by atoms with van der Waals surface area (Å²) in [5, 5.41) is 4.94. The first kappa shape index (κ1) is 18.0. The molecular formula is C21H27N3O3. The lowest BCUT2D eigenvalue weighted by atomic mass is 10.0. The van der Waals surface area contributed by atoms with E-state index in [1.54, 1.807) is 0 Å². The van der Waals surface area contributed by atoms with Crippen molar-refractivity contribution >= 4 is 22.8 Å². The van der Waals surface area contributed by atoms with Crippen LogP contribution in [0.1, 0.15) is 44.2 Å². The van der Waals surface area contributed by atoms with E-state index < -0.39 is 0 Å². The first-order valence-electron chi connectivity index (χ1n) is 10.1. The standard InChI is InChI=1S/C21H27N3O3/c25-20(10-9-16-5-1-2-6-16)23-11-13-24(14-12-23)21(26)15-18-17-7-3-4-8-19(17)27-22-18/h3-4,7-8,16H,1-2,5-6,9-15H2. The number of hydrogen-bond donors (Lipinski definition) is 0. The van der Waals surface area contributed by atoms with Crippen molar-refractivity contribution in [2.24, 2.45) is 5.92 Å². The molecule has 2 heterocycles. The SMILES string of the molecule is O=C(CCC1CCCC1)N1CCN(C(=O)Cc2noc3ccccc23)CC1. The van der Waals surface area contributed by atoms with E-state index >= 15 is 0 Å². The maximum absolute atomic E-state index is 12.6. The van der Waals surface area contributed by atoms with E-state index in [9.17, 15) is 9.59 Å². The molecule has 2 aliphatic rings. The highest BCUT2D eigenvalue weighted by atomic mass is 16.5. The summed E-state index contributed by atoms with van der Waals surface area (Å²) in [7, 11) is 0. The molecule has 0 unspecified atom stereocenters. The molecule has 1 aliphatic carbocycles. The highest BCUT2D eigenvalue weighted by Gasteiger charge is 2.26. The van der Waals surface area contributed by atoms with Crippen LogP contribution in [0.4, 0.5) is 0 Å². The molecule has 1 saturated heterocycles. The number of carbonyl (C=O) groups is 2. The molecule has 27 heavy (non-hydrogen) atoms. The van der Waals surface area contributed by atoms with Gasteiger partial charge in [0, 0.05) is 38.0 Å². The largest absolute Gasteiger partial charge is 0.356 e. The van der Waals surface area contributed by atoms with Gasteiger partial charge in [0.25, 0.3) is 0 Å². The van der Waals surface area contributed by atoms with Gasteiger partial charge in [-0.2, -0.15) is 0 Å². The second-order valence-electron chi connectivity index (χ2n) is 7.75. The van der Waals surface area contributed by atoms with E-state index in [-0.39, 0.29) is 18.2 Å². The summed E-state index contributed by atoms with van der Waals surface area (Å²) in [5.41, 5.74) is 1.39. The Bertz CT molecular complexity index is 802. The molecule has 0 spiro atoms. The van der Waals surface area contributed by atoms with Crippen LogP contribution in [-0.2, 0) is 16.0 Å². The maximum Gasteiger partial charge on any atom is 0.228 e. The molecule has 1 saturated carbocycles. The topological polar surface area (TPSA) is 66.7 Å². The maximum atomic E-state index is 12.6. The quantitative estimate of drug-likeness (QED) is 0.813. The van der Waals surface area contributed by atoms with E-state index in [4.69, 9.17) is 4.52 Å². The number of amides is 2. The molecule has 2 amide bonds. The third kappa shape index (κ3) is 4.15. The second kappa shape index (κ2) is 8.11. The summed E-state index contributed by atoms with van der Waals surface area (Å²) in [6.07, 6.45) is 7.13. The van der Waals surface area contributed by atoms with Gasteiger partial charge in [0.2, 0.25) is 11.8 Å². The summed E-state index contributed by atoms with van der Waals surface area (Å²) in [6.45, 7) is 2.47. The van der Waals surface area contributed by atoms with Crippen LogP contribution in [0, 0.1) is 5.92 Å². The minimum atomic E-state index is 0.0482. The Morgan fingerprint density at radius 2 is 1.67 bits per heavy atom. The summed E-state index contributed by atoms with van der Waals surface area (Å²) >= 11 is 0. The lowest BCUT2D eigenvalue weighted by molar-refractivity contribution is -0.139. The second-order valence-corrected chi connectivity index (χ2v) is 7.75. The predicted octanol–water partition coefficient (Wildman–Crippen LogP) is 3.01. The fourth-order valence-corrected chi connectivity index (χ4v) is 4.31. The van der Waals surface area contributed by atoms with Crippen LogP contribution in [0.25, 0.3) is 11.0 Å². The first-order chi connectivity index (χ1) is 13.2. The lowest BCUT2D eigenvalue weighted by Gasteiger charge is -2.35. The van der Waals surface area contributed by atoms with Crippen molar-refractivity contribution in [3.8, 4) is 0 Å². The number of benzene rings is 1. The molecule has 1 aliphatic heterocycles. The molecule has 4 rings (SSSR count). The van der Waals surface area contributed by atoms with Crippen LogP contribution < -0.4 is 0 Å². The smallest absolute Gasteiger partial charge is 0.228 e. The van der Waals surface area contributed by atoms with Gasteiger partial charge in [0.15, 0.2) is 5.58 Å². The van der Waals surface area contributed by atoms with E-state index in [1.807, 2.05) is 34.1 Å². The molecule has 2 aromatic rings. The van der Waals surface area contributed by atoms with Crippen LogP contribution in [0.2, 0.25) is 0 Å². The minimum Gasteiger partial charge on any atom is -0.356 e. The summed E-state index contributed by atoms with van der Waals surface area (Å²) < 4.78 is 5.28. The average Bonchev–Trinajstić information content (AvgIpc) is 3.36. The summed E-state index contributed by atoms with van der Waals surface area (Å²) in [6, 6.07) is 7.59. The Labute approximate surface area is 159 Å². The Morgan fingerprint density at radius 3 is 2.41 bits per heavy atom. The molecule has 0 N–H and O–H groups in total. The molecule has 1 aromatic heterocycles. The van der Waals surface area contributed by atoms with Crippen molar-refractivity contribution < 1.29 is 14.1 Å². The van der Waals surface area contributed by atoms with Crippen molar-refractivity contribution in [1.82, 2.24) is 15.0 Å². The number of rotatable bonds is 5. The Morgan fingerprint density at radius 1 is 1.00 bits per heavy atom. The van der Waals surface area contributed by atoms with Crippen LogP contribution in [-0.4, -0.2) is 52.9 Å². The molecule has 0 radical (unpaired) electrons. The Hall–Kier alpha value is -2.37. The van der Waals surface area contributed by atoms with E-state index in [1.165, 1.54) is 25.7 Å². The highest BCUT2D eigenvalue weighted by Crippen LogP contribution is 2.28. The molecule has 144 valence electrons. The third-order valence-corrected chi connectivity index (χ3v) is 6.00. The average molecular weight is 369 g/mol. The number of nitrogens with zero attached hydrogens (tertiary/aromatic N) is 3. The molecule has 2 fully saturated rings. The summed E-state index contributed by atoms with van der Waals surface area (Å²) in [5.74, 6) is 1.04. The van der Waals surface area contributed by atoms with Gasteiger partial charge >= 0.3 is 0 Å². The van der Waals surface area contributed by atoms with E-state index in [0.717, 1.165) is 17.7 Å². The fraction of sp³-hybridized carbons (Fsp3) is 0.571. The Balaban J connectivity index is 1.26. The van der Waals surface area contributed by atoms with Gasteiger partial charge in [-0.15, -0.1) is 0 Å². The molecular weight excluding hydrogens is 342 g/mol. The zero-order valence-electron chi connectivity index (χ0n) is 15.7. The van der Waals surface area contributed by atoms with Gasteiger partial charge in [0.05, 0.1) is 6.42 Å². The summed E-state index contributed by atoms with van der Waals surface area (Å²) in [4.78, 5) is 28.8. The zero-order chi connectivity index (χ0) is 18.6. The van der Waals surface area contributed by atoms with Gasteiger partial charge in [-0.3, -0.25) is 9.59 Å². The van der Waals surface area contributed by atoms with Gasteiger partial charge in [-0.25, -0.2) is 0 Å². The fourth-order valence-electron chi connectivity index (χ4n) is 4.31. The number of aromatic nitrogens is 1. The zero-order valence-corrected chi connectivity index (χ0v) is 15.7. The van der Waals surface area contributed by atoms with Crippen molar-refractivity contribution in [3.63, 3.8) is 0 Å². The van der Waals surface area contributed by atoms with Gasteiger partial charge in [-0.05, 0) is 24.5 Å².